The molecule has 7 heteroatoms. The van der Waals surface area contributed by atoms with Crippen molar-refractivity contribution in [2.45, 2.75) is 52.4 Å². The maximum absolute atomic E-state index is 6.19. The van der Waals surface area contributed by atoms with Crippen LogP contribution in [0.15, 0.2) is 48.5 Å². The molecule has 0 aliphatic carbocycles. The second-order valence-electron chi connectivity index (χ2n) is 7.23. The molecule has 0 atom stereocenters. The van der Waals surface area contributed by atoms with Crippen LogP contribution in [-0.2, 0) is 0 Å². The predicted octanol–water partition coefficient (Wildman–Crippen LogP) is 5.28. The van der Waals surface area contributed by atoms with Crippen molar-refractivity contribution in [3.05, 3.63) is 48.5 Å². The van der Waals surface area contributed by atoms with Crippen molar-refractivity contribution in [3.8, 4) is 0 Å². The van der Waals surface area contributed by atoms with Gasteiger partial charge in [-0.3, -0.25) is 4.90 Å². The largest absolute Gasteiger partial charge is 0.376 e. The lowest BCUT2D eigenvalue weighted by atomic mass is 10.2. The van der Waals surface area contributed by atoms with Crippen LogP contribution in [-0.4, -0.2) is 18.2 Å². The summed E-state index contributed by atoms with van der Waals surface area (Å²) in [6, 6.07) is 16.0. The molecule has 0 radical (unpaired) electrons. The lowest BCUT2D eigenvalue weighted by Gasteiger charge is -2.28. The Morgan fingerprint density at radius 3 is 1.60 bits per heavy atom. The summed E-state index contributed by atoms with van der Waals surface area (Å²) in [5.74, 6) is 0. The Kier molecular flexibility index (Phi) is 11.0. The first-order valence-electron chi connectivity index (χ1n) is 10.9. The van der Waals surface area contributed by atoms with Gasteiger partial charge in [-0.05, 0) is 49.3 Å². The summed E-state index contributed by atoms with van der Waals surface area (Å²) in [4.78, 5) is 1.89. The zero-order valence-electron chi connectivity index (χ0n) is 18.2. The fraction of sp³-hybridized carbons (Fsp3) is 0.435. The first-order valence-corrected chi connectivity index (χ1v) is 11.3. The SMILES string of the molecule is CCCCCNNc1ccccc1N(C(N)=S)c1ccccc1NNCCCCC. The van der Waals surface area contributed by atoms with Crippen LogP contribution in [0.3, 0.4) is 0 Å². The van der Waals surface area contributed by atoms with Crippen LogP contribution < -0.4 is 32.3 Å². The van der Waals surface area contributed by atoms with Crippen LogP contribution in [0.25, 0.3) is 0 Å². The highest BCUT2D eigenvalue weighted by Gasteiger charge is 2.18. The van der Waals surface area contributed by atoms with E-state index in [1.807, 2.05) is 53.4 Å². The molecule has 0 unspecified atom stereocenters. The molecular formula is C23H36N6S. The van der Waals surface area contributed by atoms with Crippen LogP contribution in [0.2, 0.25) is 0 Å². The molecule has 0 spiro atoms. The van der Waals surface area contributed by atoms with Crippen molar-refractivity contribution in [3.63, 3.8) is 0 Å². The number of benzene rings is 2. The van der Waals surface area contributed by atoms with Gasteiger partial charge in [0.15, 0.2) is 5.11 Å². The number of rotatable bonds is 14. The van der Waals surface area contributed by atoms with E-state index in [4.69, 9.17) is 18.0 Å². The molecule has 0 aliphatic rings. The van der Waals surface area contributed by atoms with Gasteiger partial charge in [-0.25, -0.2) is 10.9 Å². The zero-order chi connectivity index (χ0) is 21.6. The predicted molar refractivity (Wildman–Crippen MR) is 134 cm³/mol. The summed E-state index contributed by atoms with van der Waals surface area (Å²) < 4.78 is 0. The number of anilines is 4. The van der Waals surface area contributed by atoms with Crippen LogP contribution in [0.5, 0.6) is 0 Å². The summed E-state index contributed by atoms with van der Waals surface area (Å²) in [6.07, 6.45) is 7.06. The second-order valence-corrected chi connectivity index (χ2v) is 7.64. The topological polar surface area (TPSA) is 77.4 Å². The van der Waals surface area contributed by atoms with Gasteiger partial charge < -0.3 is 16.6 Å². The molecule has 0 aromatic heterocycles. The van der Waals surface area contributed by atoms with E-state index in [2.05, 4.69) is 35.6 Å². The Hall–Kier alpha value is -2.35. The molecule has 0 amide bonds. The van der Waals surface area contributed by atoms with Crippen molar-refractivity contribution in [1.82, 2.24) is 10.9 Å². The Bertz CT molecular complexity index is 709. The van der Waals surface area contributed by atoms with E-state index in [9.17, 15) is 0 Å². The van der Waals surface area contributed by atoms with Gasteiger partial charge in [-0.2, -0.15) is 0 Å². The number of hydrogen-bond donors (Lipinski definition) is 5. The number of unbranched alkanes of at least 4 members (excludes halogenated alkanes) is 4. The molecule has 0 heterocycles. The average Bonchev–Trinajstić information content (AvgIpc) is 2.75. The normalized spacial score (nSPS) is 10.6. The summed E-state index contributed by atoms with van der Waals surface area (Å²) >= 11 is 5.45. The highest BCUT2D eigenvalue weighted by atomic mass is 32.1. The number of nitrogens with one attached hydrogen (secondary N) is 4. The van der Waals surface area contributed by atoms with Crippen molar-refractivity contribution < 1.29 is 0 Å². The van der Waals surface area contributed by atoms with Gasteiger partial charge in [0.1, 0.15) is 0 Å². The van der Waals surface area contributed by atoms with E-state index in [1.54, 1.807) is 0 Å². The van der Waals surface area contributed by atoms with Crippen LogP contribution in [0.4, 0.5) is 22.7 Å². The van der Waals surface area contributed by atoms with Gasteiger partial charge >= 0.3 is 0 Å². The fourth-order valence-electron chi connectivity index (χ4n) is 3.16. The third-order valence-corrected chi connectivity index (χ3v) is 4.95. The Labute approximate surface area is 186 Å². The highest BCUT2D eigenvalue weighted by Crippen LogP contribution is 2.35. The third kappa shape index (κ3) is 7.48. The monoisotopic (exact) mass is 428 g/mol. The average molecular weight is 429 g/mol. The first kappa shape index (κ1) is 23.9. The summed E-state index contributed by atoms with van der Waals surface area (Å²) in [6.45, 7) is 6.20. The van der Waals surface area contributed by atoms with Crippen molar-refractivity contribution in [1.29, 1.82) is 0 Å². The lowest BCUT2D eigenvalue weighted by molar-refractivity contribution is 0.662. The van der Waals surface area contributed by atoms with Gasteiger partial charge in [0.05, 0.1) is 22.7 Å². The fourth-order valence-corrected chi connectivity index (χ4v) is 3.35. The number of hydrogen-bond acceptors (Lipinski definition) is 5. The number of nitrogens with zero attached hydrogens (tertiary/aromatic N) is 1. The first-order chi connectivity index (χ1) is 14.7. The lowest BCUT2D eigenvalue weighted by Crippen LogP contribution is -2.34. The Balaban J connectivity index is 2.19. The minimum Gasteiger partial charge on any atom is -0.376 e. The van der Waals surface area contributed by atoms with E-state index < -0.39 is 0 Å². The number of hydrazine groups is 2. The second kappa shape index (κ2) is 13.8. The minimum atomic E-state index is 0.287. The van der Waals surface area contributed by atoms with E-state index in [1.165, 1.54) is 25.7 Å². The molecule has 164 valence electrons. The van der Waals surface area contributed by atoms with Crippen LogP contribution >= 0.6 is 12.2 Å². The molecular weight excluding hydrogens is 392 g/mol. The summed E-state index contributed by atoms with van der Waals surface area (Å²) in [5.41, 5.74) is 23.1. The van der Waals surface area contributed by atoms with Gasteiger partial charge in [0.25, 0.3) is 0 Å². The molecule has 6 nitrogen and oxygen atoms in total. The standard InChI is InChI=1S/C23H36N6S/c1-3-5-11-17-25-27-19-13-7-9-15-21(19)29(23(24)30)22-16-10-8-14-20(22)28-26-18-12-6-4-2/h7-10,13-16,25-28H,3-6,11-12,17-18H2,1-2H3,(H2,24,30). The smallest absolute Gasteiger partial charge is 0.175 e. The molecule has 6 N–H and O–H groups in total. The van der Waals surface area contributed by atoms with E-state index in [0.29, 0.717) is 0 Å². The van der Waals surface area contributed by atoms with E-state index in [-0.39, 0.29) is 5.11 Å². The van der Waals surface area contributed by atoms with Gasteiger partial charge in [-0.1, -0.05) is 63.8 Å². The molecule has 2 aromatic carbocycles. The van der Waals surface area contributed by atoms with Crippen molar-refractivity contribution in [2.75, 3.05) is 28.8 Å². The molecule has 0 bridgehead atoms. The zero-order valence-corrected chi connectivity index (χ0v) is 19.0. The van der Waals surface area contributed by atoms with Gasteiger partial charge in [0.2, 0.25) is 0 Å². The Morgan fingerprint density at radius 2 is 1.20 bits per heavy atom. The van der Waals surface area contributed by atoms with E-state index in [0.717, 1.165) is 48.7 Å². The van der Waals surface area contributed by atoms with Gasteiger partial charge in [-0.15, -0.1) is 0 Å². The third-order valence-electron chi connectivity index (χ3n) is 4.77. The summed E-state index contributed by atoms with van der Waals surface area (Å²) in [7, 11) is 0. The molecule has 2 aromatic rings. The van der Waals surface area contributed by atoms with E-state index >= 15 is 0 Å². The number of thiocarbonyl (C=S) groups is 1. The molecule has 0 saturated carbocycles. The highest BCUT2D eigenvalue weighted by molar-refractivity contribution is 7.80. The summed E-state index contributed by atoms with van der Waals surface area (Å²) in [5, 5.41) is 0.287. The van der Waals surface area contributed by atoms with Crippen LogP contribution in [0, 0.1) is 0 Å². The van der Waals surface area contributed by atoms with Gasteiger partial charge in [0, 0.05) is 13.1 Å². The minimum absolute atomic E-state index is 0.287. The maximum atomic E-state index is 6.19. The Morgan fingerprint density at radius 1 is 0.767 bits per heavy atom. The van der Waals surface area contributed by atoms with Crippen molar-refractivity contribution in [2.24, 2.45) is 5.73 Å². The number of nitrogens with two attached hydrogens (primary N) is 1. The molecule has 0 aliphatic heterocycles. The number of para-hydroxylation sites is 4. The maximum Gasteiger partial charge on any atom is 0.175 e. The molecule has 0 saturated heterocycles. The molecule has 30 heavy (non-hydrogen) atoms. The van der Waals surface area contributed by atoms with Crippen LogP contribution in [0.1, 0.15) is 52.4 Å². The quantitative estimate of drug-likeness (QED) is 0.159. The molecule has 2 rings (SSSR count). The molecule has 0 fully saturated rings. The van der Waals surface area contributed by atoms with Crippen molar-refractivity contribution >= 4 is 40.1 Å².